The quantitative estimate of drug-likeness (QED) is 0.805. The zero-order valence-corrected chi connectivity index (χ0v) is 10.1. The largest absolute Gasteiger partial charge is 0.445 e. The van der Waals surface area contributed by atoms with Crippen LogP contribution in [0.4, 0.5) is 4.79 Å². The van der Waals surface area contributed by atoms with E-state index in [2.05, 4.69) is 5.32 Å². The summed E-state index contributed by atoms with van der Waals surface area (Å²) in [5.41, 5.74) is 2.02. The number of halogens is 1. The van der Waals surface area contributed by atoms with Crippen LogP contribution >= 0.6 is 11.6 Å². The van der Waals surface area contributed by atoms with Crippen molar-refractivity contribution in [3.05, 3.63) is 35.4 Å². The summed E-state index contributed by atoms with van der Waals surface area (Å²) < 4.78 is 5.02. The van der Waals surface area contributed by atoms with Gasteiger partial charge in [-0.25, -0.2) is 4.79 Å². The van der Waals surface area contributed by atoms with E-state index in [0.717, 1.165) is 17.5 Å². The Morgan fingerprint density at radius 3 is 2.50 bits per heavy atom. The van der Waals surface area contributed by atoms with Crippen molar-refractivity contribution in [2.45, 2.75) is 25.8 Å². The molecule has 3 nitrogen and oxygen atoms in total. The lowest BCUT2D eigenvalue weighted by atomic mass is 10.2. The fraction of sp³-hybridized carbons (Fsp3) is 0.417. The lowest BCUT2D eigenvalue weighted by molar-refractivity contribution is 0.139. The first-order valence-corrected chi connectivity index (χ1v) is 5.84. The van der Waals surface area contributed by atoms with E-state index in [-0.39, 0.29) is 12.7 Å². The monoisotopic (exact) mass is 241 g/mol. The Morgan fingerprint density at radius 1 is 1.31 bits per heavy atom. The van der Waals surface area contributed by atoms with Crippen LogP contribution in [0.25, 0.3) is 0 Å². The van der Waals surface area contributed by atoms with Crippen LogP contribution in [0.15, 0.2) is 24.3 Å². The van der Waals surface area contributed by atoms with Crippen molar-refractivity contribution < 1.29 is 9.53 Å². The number of nitrogens with one attached hydrogen (secondary N) is 1. The van der Waals surface area contributed by atoms with E-state index in [4.69, 9.17) is 16.3 Å². The van der Waals surface area contributed by atoms with Crippen LogP contribution in [0.5, 0.6) is 0 Å². The molecule has 0 aliphatic carbocycles. The Bertz CT molecular complexity index is 324. The van der Waals surface area contributed by atoms with Gasteiger partial charge in [-0.1, -0.05) is 31.2 Å². The lowest BCUT2D eigenvalue weighted by Crippen LogP contribution is -2.24. The maximum atomic E-state index is 11.1. The van der Waals surface area contributed by atoms with E-state index >= 15 is 0 Å². The number of rotatable bonds is 5. The number of carbonyl (C=O) groups is 1. The fourth-order valence-electron chi connectivity index (χ4n) is 1.15. The van der Waals surface area contributed by atoms with Gasteiger partial charge in [-0.2, -0.15) is 0 Å². The Labute approximate surface area is 101 Å². The van der Waals surface area contributed by atoms with E-state index in [1.54, 1.807) is 0 Å². The van der Waals surface area contributed by atoms with E-state index in [0.29, 0.717) is 12.4 Å². The summed E-state index contributed by atoms with van der Waals surface area (Å²) in [5, 5.41) is 2.64. The molecule has 0 spiro atoms. The molecule has 0 bridgehead atoms. The third-order valence-electron chi connectivity index (χ3n) is 2.07. The SMILES string of the molecule is CCCNC(=O)OCc1ccc(CCl)cc1. The van der Waals surface area contributed by atoms with E-state index in [1.807, 2.05) is 31.2 Å². The third-order valence-corrected chi connectivity index (χ3v) is 2.38. The second-order valence-corrected chi connectivity index (χ2v) is 3.72. The lowest BCUT2D eigenvalue weighted by Gasteiger charge is -2.06. The highest BCUT2D eigenvalue weighted by Crippen LogP contribution is 2.07. The van der Waals surface area contributed by atoms with Crippen molar-refractivity contribution in [3.8, 4) is 0 Å². The summed E-state index contributed by atoms with van der Waals surface area (Å²) in [6.45, 7) is 2.92. The van der Waals surface area contributed by atoms with Crippen molar-refractivity contribution in [1.82, 2.24) is 5.32 Å². The molecule has 0 heterocycles. The van der Waals surface area contributed by atoms with Crippen LogP contribution in [-0.4, -0.2) is 12.6 Å². The normalized spacial score (nSPS) is 9.88. The van der Waals surface area contributed by atoms with Crippen LogP contribution in [0.1, 0.15) is 24.5 Å². The van der Waals surface area contributed by atoms with Gasteiger partial charge in [-0.05, 0) is 17.5 Å². The number of amides is 1. The molecule has 0 saturated carbocycles. The van der Waals surface area contributed by atoms with Gasteiger partial charge in [0.2, 0.25) is 0 Å². The van der Waals surface area contributed by atoms with Crippen LogP contribution in [0, 0.1) is 0 Å². The second-order valence-electron chi connectivity index (χ2n) is 3.45. The van der Waals surface area contributed by atoms with E-state index in [1.165, 1.54) is 0 Å². The van der Waals surface area contributed by atoms with Gasteiger partial charge in [0.05, 0.1) is 0 Å². The number of alkyl carbamates (subject to hydrolysis) is 1. The smallest absolute Gasteiger partial charge is 0.407 e. The summed E-state index contributed by atoms with van der Waals surface area (Å²) in [5.74, 6) is 0.498. The van der Waals surface area contributed by atoms with Gasteiger partial charge in [0, 0.05) is 12.4 Å². The molecule has 16 heavy (non-hydrogen) atoms. The molecular weight excluding hydrogens is 226 g/mol. The molecule has 4 heteroatoms. The van der Waals surface area contributed by atoms with E-state index in [9.17, 15) is 4.79 Å². The fourth-order valence-corrected chi connectivity index (χ4v) is 1.33. The second kappa shape index (κ2) is 7.12. The predicted octanol–water partition coefficient (Wildman–Crippen LogP) is 3.06. The molecule has 1 rings (SSSR count). The van der Waals surface area contributed by atoms with Crippen LogP contribution in [0.2, 0.25) is 0 Å². The molecule has 88 valence electrons. The van der Waals surface area contributed by atoms with Crippen LogP contribution < -0.4 is 5.32 Å². The molecule has 0 aliphatic heterocycles. The maximum Gasteiger partial charge on any atom is 0.407 e. The van der Waals surface area contributed by atoms with Gasteiger partial charge < -0.3 is 10.1 Å². The minimum absolute atomic E-state index is 0.290. The molecular formula is C12H16ClNO2. The highest BCUT2D eigenvalue weighted by molar-refractivity contribution is 6.17. The Kier molecular flexibility index (Phi) is 5.72. The molecule has 1 aromatic carbocycles. The van der Waals surface area contributed by atoms with Gasteiger partial charge in [0.15, 0.2) is 0 Å². The van der Waals surface area contributed by atoms with Gasteiger partial charge in [0.1, 0.15) is 6.61 Å². The van der Waals surface area contributed by atoms with Gasteiger partial charge in [-0.3, -0.25) is 0 Å². The van der Waals surface area contributed by atoms with Crippen LogP contribution in [-0.2, 0) is 17.2 Å². The molecule has 1 aromatic rings. The van der Waals surface area contributed by atoms with Crippen molar-refractivity contribution in [2.75, 3.05) is 6.54 Å². The van der Waals surface area contributed by atoms with E-state index < -0.39 is 0 Å². The summed E-state index contributed by atoms with van der Waals surface area (Å²) in [6, 6.07) is 7.67. The van der Waals surface area contributed by atoms with Crippen molar-refractivity contribution >= 4 is 17.7 Å². The Hall–Kier alpha value is -1.22. The van der Waals surface area contributed by atoms with Crippen molar-refractivity contribution in [3.63, 3.8) is 0 Å². The van der Waals surface area contributed by atoms with Crippen molar-refractivity contribution in [1.29, 1.82) is 0 Å². The number of ether oxygens (including phenoxy) is 1. The van der Waals surface area contributed by atoms with Gasteiger partial charge in [0.25, 0.3) is 0 Å². The Morgan fingerprint density at radius 2 is 1.94 bits per heavy atom. The molecule has 0 saturated heterocycles. The van der Waals surface area contributed by atoms with Gasteiger partial charge in [-0.15, -0.1) is 11.6 Å². The molecule has 0 radical (unpaired) electrons. The molecule has 0 unspecified atom stereocenters. The molecule has 0 fully saturated rings. The average Bonchev–Trinajstić information content (AvgIpc) is 2.34. The first kappa shape index (κ1) is 12.8. The summed E-state index contributed by atoms with van der Waals surface area (Å²) in [7, 11) is 0. The maximum absolute atomic E-state index is 11.1. The van der Waals surface area contributed by atoms with Gasteiger partial charge >= 0.3 is 6.09 Å². The minimum Gasteiger partial charge on any atom is -0.445 e. The summed E-state index contributed by atoms with van der Waals surface area (Å²) in [6.07, 6.45) is 0.530. The molecule has 0 aliphatic rings. The zero-order chi connectivity index (χ0) is 11.8. The third kappa shape index (κ3) is 4.53. The van der Waals surface area contributed by atoms with Crippen molar-refractivity contribution in [2.24, 2.45) is 0 Å². The number of carbonyl (C=O) groups excluding carboxylic acids is 1. The first-order valence-electron chi connectivity index (χ1n) is 5.30. The molecule has 0 atom stereocenters. The molecule has 1 N–H and O–H groups in total. The van der Waals surface area contributed by atoms with Crippen LogP contribution in [0.3, 0.4) is 0 Å². The predicted molar refractivity (Wildman–Crippen MR) is 64.5 cm³/mol. The number of hydrogen-bond acceptors (Lipinski definition) is 2. The molecule has 0 aromatic heterocycles. The number of benzene rings is 1. The average molecular weight is 242 g/mol. The highest BCUT2D eigenvalue weighted by atomic mass is 35.5. The highest BCUT2D eigenvalue weighted by Gasteiger charge is 2.01. The standard InChI is InChI=1S/C12H16ClNO2/c1-2-7-14-12(15)16-9-11-5-3-10(8-13)4-6-11/h3-6H,2,7-9H2,1H3,(H,14,15). The Balaban J connectivity index is 2.33. The minimum atomic E-state index is -0.372. The number of alkyl halides is 1. The first-order chi connectivity index (χ1) is 7.76. The number of hydrogen-bond donors (Lipinski definition) is 1. The topological polar surface area (TPSA) is 38.3 Å². The molecule has 1 amide bonds. The zero-order valence-electron chi connectivity index (χ0n) is 9.33. The summed E-state index contributed by atoms with van der Waals surface area (Å²) >= 11 is 5.67. The summed E-state index contributed by atoms with van der Waals surface area (Å²) in [4.78, 5) is 11.1.